The van der Waals surface area contributed by atoms with E-state index in [4.69, 9.17) is 4.74 Å². The number of piperazine rings is 1. The summed E-state index contributed by atoms with van der Waals surface area (Å²) in [6.07, 6.45) is 5.51. The van der Waals surface area contributed by atoms with Crippen LogP contribution in [-0.2, 0) is 10.0 Å². The largest absolute Gasteiger partial charge is 0.497 e. The molecule has 1 aromatic carbocycles. The molecular formula is C18H26N2O3S. The van der Waals surface area contributed by atoms with E-state index < -0.39 is 10.0 Å². The highest BCUT2D eigenvalue weighted by Gasteiger charge is 2.43. The zero-order valence-electron chi connectivity index (χ0n) is 14.2. The van der Waals surface area contributed by atoms with Gasteiger partial charge in [0.15, 0.2) is 0 Å². The van der Waals surface area contributed by atoms with Crippen LogP contribution in [0.1, 0.15) is 25.7 Å². The fraction of sp³-hybridized carbons (Fsp3) is 0.667. The number of ether oxygens (including phenoxy) is 1. The lowest BCUT2D eigenvalue weighted by Gasteiger charge is -2.40. The van der Waals surface area contributed by atoms with E-state index in [0.29, 0.717) is 29.8 Å². The quantitative estimate of drug-likeness (QED) is 0.835. The second-order valence-electron chi connectivity index (χ2n) is 7.36. The smallest absolute Gasteiger partial charge is 0.243 e. The predicted molar refractivity (Wildman–Crippen MR) is 92.6 cm³/mol. The second kappa shape index (κ2) is 6.32. The maximum absolute atomic E-state index is 12.8. The van der Waals surface area contributed by atoms with Gasteiger partial charge in [-0.25, -0.2) is 8.42 Å². The third-order valence-corrected chi connectivity index (χ3v) is 8.05. The summed E-state index contributed by atoms with van der Waals surface area (Å²) >= 11 is 0. The molecule has 24 heavy (non-hydrogen) atoms. The van der Waals surface area contributed by atoms with Gasteiger partial charge in [-0.15, -0.1) is 0 Å². The van der Waals surface area contributed by atoms with Gasteiger partial charge in [-0.1, -0.05) is 6.42 Å². The van der Waals surface area contributed by atoms with Gasteiger partial charge in [0.2, 0.25) is 10.0 Å². The summed E-state index contributed by atoms with van der Waals surface area (Å²) in [7, 11) is -1.81. The Hall–Kier alpha value is -1.11. The van der Waals surface area contributed by atoms with Crippen molar-refractivity contribution in [3.63, 3.8) is 0 Å². The molecule has 132 valence electrons. The molecule has 2 aliphatic carbocycles. The lowest BCUT2D eigenvalue weighted by atomic mass is 9.93. The summed E-state index contributed by atoms with van der Waals surface area (Å²) in [4.78, 5) is 2.90. The molecule has 5 nitrogen and oxygen atoms in total. The molecule has 3 aliphatic rings. The van der Waals surface area contributed by atoms with E-state index in [0.717, 1.165) is 24.9 Å². The molecule has 0 unspecified atom stereocenters. The molecule has 3 atom stereocenters. The lowest BCUT2D eigenvalue weighted by Crippen LogP contribution is -2.53. The van der Waals surface area contributed by atoms with Crippen molar-refractivity contribution in [3.8, 4) is 5.75 Å². The number of benzene rings is 1. The van der Waals surface area contributed by atoms with Crippen molar-refractivity contribution in [1.29, 1.82) is 0 Å². The van der Waals surface area contributed by atoms with Gasteiger partial charge >= 0.3 is 0 Å². The summed E-state index contributed by atoms with van der Waals surface area (Å²) in [5, 5.41) is 0. The molecule has 1 heterocycles. The molecule has 0 aromatic heterocycles. The normalized spacial score (nSPS) is 31.5. The first-order chi connectivity index (χ1) is 11.6. The van der Waals surface area contributed by atoms with Crippen molar-refractivity contribution in [1.82, 2.24) is 9.21 Å². The zero-order valence-corrected chi connectivity index (χ0v) is 15.0. The van der Waals surface area contributed by atoms with Crippen molar-refractivity contribution >= 4 is 10.0 Å². The average molecular weight is 350 g/mol. The van der Waals surface area contributed by atoms with E-state index in [1.165, 1.54) is 25.7 Å². The molecule has 1 aliphatic heterocycles. The number of hydrogen-bond acceptors (Lipinski definition) is 4. The number of hydrogen-bond donors (Lipinski definition) is 0. The van der Waals surface area contributed by atoms with Crippen LogP contribution >= 0.6 is 0 Å². The molecule has 6 heteroatoms. The van der Waals surface area contributed by atoms with Gasteiger partial charge in [0.1, 0.15) is 5.75 Å². The molecule has 0 spiro atoms. The minimum atomic E-state index is -3.39. The lowest BCUT2D eigenvalue weighted by molar-refractivity contribution is 0.101. The SMILES string of the molecule is COc1ccc(S(=O)(=O)N2CCN([C@H]3C[C@H]4CC[C@H]3C4)CC2)cc1. The summed E-state index contributed by atoms with van der Waals surface area (Å²) in [6.45, 7) is 2.93. The molecule has 0 N–H and O–H groups in total. The van der Waals surface area contributed by atoms with Crippen molar-refractivity contribution in [2.45, 2.75) is 36.6 Å². The van der Waals surface area contributed by atoms with Crippen molar-refractivity contribution in [2.24, 2.45) is 11.8 Å². The summed E-state index contributed by atoms with van der Waals surface area (Å²) in [6, 6.07) is 7.39. The molecule has 2 bridgehead atoms. The van der Waals surface area contributed by atoms with Crippen LogP contribution in [0.25, 0.3) is 0 Å². The van der Waals surface area contributed by atoms with Gasteiger partial charge in [-0.3, -0.25) is 4.90 Å². The van der Waals surface area contributed by atoms with E-state index in [2.05, 4.69) is 4.90 Å². The number of nitrogens with zero attached hydrogens (tertiary/aromatic N) is 2. The van der Waals surface area contributed by atoms with Gasteiger partial charge in [0.25, 0.3) is 0 Å². The minimum Gasteiger partial charge on any atom is -0.497 e. The first-order valence-electron chi connectivity index (χ1n) is 8.96. The van der Waals surface area contributed by atoms with Crippen LogP contribution in [0, 0.1) is 11.8 Å². The summed E-state index contributed by atoms with van der Waals surface area (Å²) in [5.41, 5.74) is 0. The van der Waals surface area contributed by atoms with Gasteiger partial charge < -0.3 is 4.74 Å². The minimum absolute atomic E-state index is 0.358. The molecule has 1 aromatic rings. The standard InChI is InChI=1S/C18H26N2O3S/c1-23-16-4-6-17(7-5-16)24(21,22)20-10-8-19(9-11-20)18-13-14-2-3-15(18)12-14/h4-7,14-15,18H,2-3,8-13H2,1H3/t14-,15-,18-/m0/s1. The molecule has 0 radical (unpaired) electrons. The number of rotatable bonds is 4. The van der Waals surface area contributed by atoms with Gasteiger partial charge in [0, 0.05) is 32.2 Å². The van der Waals surface area contributed by atoms with Gasteiger partial charge in [0.05, 0.1) is 12.0 Å². The van der Waals surface area contributed by atoms with E-state index in [-0.39, 0.29) is 0 Å². The Labute approximate surface area is 144 Å². The molecule has 2 saturated carbocycles. The Morgan fingerprint density at radius 3 is 2.25 bits per heavy atom. The van der Waals surface area contributed by atoms with Crippen LogP contribution in [0.15, 0.2) is 29.2 Å². The summed E-state index contributed by atoms with van der Waals surface area (Å²) < 4.78 is 32.4. The van der Waals surface area contributed by atoms with Crippen LogP contribution < -0.4 is 4.74 Å². The van der Waals surface area contributed by atoms with Gasteiger partial charge in [-0.2, -0.15) is 4.31 Å². The van der Waals surface area contributed by atoms with Crippen LogP contribution in [0.4, 0.5) is 0 Å². The maximum atomic E-state index is 12.8. The zero-order chi connectivity index (χ0) is 16.7. The van der Waals surface area contributed by atoms with E-state index in [1.807, 2.05) is 0 Å². The second-order valence-corrected chi connectivity index (χ2v) is 9.30. The molecule has 0 amide bonds. The fourth-order valence-electron chi connectivity index (χ4n) is 4.83. The molecular weight excluding hydrogens is 324 g/mol. The third-order valence-electron chi connectivity index (χ3n) is 6.14. The topological polar surface area (TPSA) is 49.9 Å². The van der Waals surface area contributed by atoms with Crippen LogP contribution in [0.2, 0.25) is 0 Å². The monoisotopic (exact) mass is 350 g/mol. The van der Waals surface area contributed by atoms with Crippen LogP contribution in [-0.4, -0.2) is 57.0 Å². The highest BCUT2D eigenvalue weighted by Crippen LogP contribution is 2.46. The molecule has 3 fully saturated rings. The highest BCUT2D eigenvalue weighted by molar-refractivity contribution is 7.89. The van der Waals surface area contributed by atoms with E-state index in [9.17, 15) is 8.42 Å². The number of fused-ring (bicyclic) bond motifs is 2. The maximum Gasteiger partial charge on any atom is 0.243 e. The highest BCUT2D eigenvalue weighted by atomic mass is 32.2. The molecule has 4 rings (SSSR count). The first-order valence-corrected chi connectivity index (χ1v) is 10.4. The van der Waals surface area contributed by atoms with Crippen molar-refractivity contribution in [2.75, 3.05) is 33.3 Å². The third kappa shape index (κ3) is 2.85. The average Bonchev–Trinajstić information content (AvgIpc) is 3.25. The Morgan fingerprint density at radius 1 is 1.00 bits per heavy atom. The molecule has 1 saturated heterocycles. The van der Waals surface area contributed by atoms with Crippen molar-refractivity contribution < 1.29 is 13.2 Å². The predicted octanol–water partition coefficient (Wildman–Crippen LogP) is 2.19. The Kier molecular flexibility index (Phi) is 4.31. The Morgan fingerprint density at radius 2 is 1.71 bits per heavy atom. The first kappa shape index (κ1) is 16.4. The summed E-state index contributed by atoms with van der Waals surface area (Å²) in [5.74, 6) is 2.47. The van der Waals surface area contributed by atoms with Crippen LogP contribution in [0.3, 0.4) is 0 Å². The van der Waals surface area contributed by atoms with Crippen molar-refractivity contribution in [3.05, 3.63) is 24.3 Å². The van der Waals surface area contributed by atoms with E-state index >= 15 is 0 Å². The van der Waals surface area contributed by atoms with E-state index in [1.54, 1.807) is 35.7 Å². The number of methoxy groups -OCH3 is 1. The Balaban J connectivity index is 1.41. The van der Waals surface area contributed by atoms with Gasteiger partial charge in [-0.05, 0) is 55.4 Å². The fourth-order valence-corrected chi connectivity index (χ4v) is 6.25. The number of sulfonamides is 1. The Bertz CT molecular complexity index is 681. The van der Waals surface area contributed by atoms with Crippen LogP contribution in [0.5, 0.6) is 5.75 Å².